The van der Waals surface area contributed by atoms with Gasteiger partial charge in [0.05, 0.1) is 26.4 Å². The smallest absolute Gasteiger partial charge is 0.462 e. The molecule has 3 unspecified atom stereocenters. The number of esters is 4. The van der Waals surface area contributed by atoms with Crippen molar-refractivity contribution >= 4 is 39.5 Å². The maximum absolute atomic E-state index is 13.1. The van der Waals surface area contributed by atoms with Gasteiger partial charge in [-0.25, -0.2) is 9.13 Å². The zero-order chi connectivity index (χ0) is 74.9. The average molecular weight is 1490 g/mol. The summed E-state index contributed by atoms with van der Waals surface area (Å²) in [5, 5.41) is 10.6. The summed E-state index contributed by atoms with van der Waals surface area (Å²) < 4.78 is 68.7. The van der Waals surface area contributed by atoms with Crippen molar-refractivity contribution in [3.05, 3.63) is 0 Å². The number of phosphoric ester groups is 2. The van der Waals surface area contributed by atoms with Gasteiger partial charge in [0.2, 0.25) is 0 Å². The van der Waals surface area contributed by atoms with Gasteiger partial charge in [0.1, 0.15) is 19.3 Å². The summed E-state index contributed by atoms with van der Waals surface area (Å²) in [6.45, 7) is 9.58. The van der Waals surface area contributed by atoms with Gasteiger partial charge in [-0.05, 0) is 37.5 Å². The van der Waals surface area contributed by atoms with Gasteiger partial charge in [-0.2, -0.15) is 0 Å². The van der Waals surface area contributed by atoms with Crippen LogP contribution < -0.4 is 0 Å². The number of rotatable bonds is 82. The number of carbonyl (C=O) groups is 4. The van der Waals surface area contributed by atoms with E-state index < -0.39 is 97.5 Å². The third kappa shape index (κ3) is 74.9. The molecule has 0 fully saturated rings. The second-order valence-corrected chi connectivity index (χ2v) is 33.5. The van der Waals surface area contributed by atoms with Gasteiger partial charge < -0.3 is 33.8 Å². The monoisotopic (exact) mass is 1490 g/mol. The summed E-state index contributed by atoms with van der Waals surface area (Å²) in [7, 11) is -9.92. The van der Waals surface area contributed by atoms with Crippen molar-refractivity contribution in [3.63, 3.8) is 0 Å². The highest BCUT2D eigenvalue weighted by atomic mass is 31.2. The van der Waals surface area contributed by atoms with E-state index in [9.17, 15) is 43.2 Å². The predicted molar refractivity (Wildman–Crippen MR) is 418 cm³/mol. The van der Waals surface area contributed by atoms with E-state index in [4.69, 9.17) is 37.0 Å². The molecule has 19 heteroatoms. The largest absolute Gasteiger partial charge is 0.472 e. The number of aliphatic hydroxyl groups is 1. The zero-order valence-electron chi connectivity index (χ0n) is 66.9. The molecule has 102 heavy (non-hydrogen) atoms. The van der Waals surface area contributed by atoms with Crippen LogP contribution in [0.3, 0.4) is 0 Å². The van der Waals surface area contributed by atoms with Crippen LogP contribution in [-0.2, 0) is 65.4 Å². The Labute approximate surface area is 626 Å². The molecule has 0 bridgehead atoms. The van der Waals surface area contributed by atoms with Crippen molar-refractivity contribution in [2.24, 2.45) is 11.8 Å². The van der Waals surface area contributed by atoms with E-state index in [1.54, 1.807) is 0 Å². The molecule has 0 spiro atoms. The number of carbonyl (C=O) groups excluding carboxylic acids is 4. The first kappa shape index (κ1) is 100. The Balaban J connectivity index is 5.20. The summed E-state index contributed by atoms with van der Waals surface area (Å²) in [4.78, 5) is 73.0. The molecule has 0 rings (SSSR count). The Hall–Kier alpha value is -1.94. The molecule has 0 radical (unpaired) electrons. The number of hydrogen-bond acceptors (Lipinski definition) is 15. The Morgan fingerprint density at radius 1 is 0.284 bits per heavy atom. The molecule has 17 nitrogen and oxygen atoms in total. The predicted octanol–water partition coefficient (Wildman–Crippen LogP) is 25.1. The topological polar surface area (TPSA) is 237 Å². The summed E-state index contributed by atoms with van der Waals surface area (Å²) in [5.74, 6) is -0.636. The molecule has 6 atom stereocenters. The second kappa shape index (κ2) is 74.5. The van der Waals surface area contributed by atoms with Crippen LogP contribution in [-0.4, -0.2) is 96.7 Å². The molecule has 0 amide bonds. The molecule has 3 N–H and O–H groups in total. The van der Waals surface area contributed by atoms with Gasteiger partial charge in [0.15, 0.2) is 12.2 Å². The summed E-state index contributed by atoms with van der Waals surface area (Å²) in [6.07, 6.45) is 65.5. The molecule has 0 saturated heterocycles. The second-order valence-electron chi connectivity index (χ2n) is 30.6. The fourth-order valence-corrected chi connectivity index (χ4v) is 14.4. The van der Waals surface area contributed by atoms with Crippen LogP contribution in [0.4, 0.5) is 0 Å². The lowest BCUT2D eigenvalue weighted by Crippen LogP contribution is -2.30. The number of hydrogen-bond donors (Lipinski definition) is 3. The highest BCUT2D eigenvalue weighted by molar-refractivity contribution is 7.47. The number of unbranched alkanes of at least 4 members (excludes halogenated alkanes) is 51. The van der Waals surface area contributed by atoms with Gasteiger partial charge in [0, 0.05) is 25.7 Å². The van der Waals surface area contributed by atoms with Crippen LogP contribution >= 0.6 is 15.6 Å². The Morgan fingerprint density at radius 2 is 0.500 bits per heavy atom. The lowest BCUT2D eigenvalue weighted by Gasteiger charge is -2.21. The summed E-state index contributed by atoms with van der Waals surface area (Å²) in [5.41, 5.74) is 0. The minimum Gasteiger partial charge on any atom is -0.462 e. The van der Waals surface area contributed by atoms with Crippen LogP contribution in [0.2, 0.25) is 0 Å². The summed E-state index contributed by atoms with van der Waals surface area (Å²) >= 11 is 0. The number of ether oxygens (including phenoxy) is 4. The van der Waals surface area contributed by atoms with Crippen LogP contribution in [0, 0.1) is 11.8 Å². The van der Waals surface area contributed by atoms with E-state index in [2.05, 4.69) is 41.5 Å². The maximum Gasteiger partial charge on any atom is 0.472 e. The van der Waals surface area contributed by atoms with Crippen molar-refractivity contribution in [1.82, 2.24) is 0 Å². The average Bonchev–Trinajstić information content (AvgIpc) is 1.02. The fraction of sp³-hybridized carbons (Fsp3) is 0.952. The highest BCUT2D eigenvalue weighted by Gasteiger charge is 2.30. The zero-order valence-corrected chi connectivity index (χ0v) is 68.7. The molecule has 606 valence electrons. The lowest BCUT2D eigenvalue weighted by atomic mass is 9.99. The number of phosphoric acid groups is 2. The van der Waals surface area contributed by atoms with Gasteiger partial charge in [-0.1, -0.05) is 388 Å². The van der Waals surface area contributed by atoms with Crippen molar-refractivity contribution in [2.45, 2.75) is 458 Å². The first-order valence-electron chi connectivity index (χ1n) is 43.0. The van der Waals surface area contributed by atoms with Crippen molar-refractivity contribution in [1.29, 1.82) is 0 Å². The fourth-order valence-electron chi connectivity index (χ4n) is 12.9. The molecule has 0 aliphatic heterocycles. The molecule has 0 aromatic heterocycles. The number of aliphatic hydroxyl groups excluding tert-OH is 1. The van der Waals surface area contributed by atoms with Crippen LogP contribution in [0.1, 0.15) is 440 Å². The molecular weight excluding hydrogens is 1330 g/mol. The molecule has 0 aliphatic carbocycles. The van der Waals surface area contributed by atoms with Crippen LogP contribution in [0.5, 0.6) is 0 Å². The quantitative estimate of drug-likeness (QED) is 0.0222. The SMILES string of the molecule is CCCCCCCCCCCCCCCCCCCCCCCCC(=O)O[C@H](COC(=O)CCCCCCCCCCCCCCCCCCCC)COP(=O)(O)OC[C@@H](O)COP(=O)(O)OC[C@@H](COC(=O)CCCCCCCCCC(C)C)OC(=O)CCCCCCCCCCC(C)CC. The van der Waals surface area contributed by atoms with Gasteiger partial charge in [0.25, 0.3) is 0 Å². The molecule has 0 aliphatic rings. The van der Waals surface area contributed by atoms with E-state index in [0.29, 0.717) is 31.6 Å². The van der Waals surface area contributed by atoms with Crippen LogP contribution in [0.15, 0.2) is 0 Å². The Morgan fingerprint density at radius 3 is 0.745 bits per heavy atom. The minimum absolute atomic E-state index is 0.105. The molecule has 0 aromatic rings. The molecule has 0 aromatic carbocycles. The Bertz CT molecular complexity index is 1960. The third-order valence-electron chi connectivity index (χ3n) is 19.8. The van der Waals surface area contributed by atoms with Crippen molar-refractivity contribution in [3.8, 4) is 0 Å². The van der Waals surface area contributed by atoms with Gasteiger partial charge in [-0.3, -0.25) is 37.3 Å². The Kier molecular flexibility index (Phi) is 73.1. The standard InChI is InChI=1S/C83H162O17P2/c1-7-10-12-14-16-18-20-22-24-26-28-29-30-31-33-35-37-39-41-48-55-61-67-82(87)99-78(71-93-80(85)65-59-53-47-40-38-36-34-32-27-25-23-21-19-17-15-13-11-8-2)73-97-101(89,90)95-69-77(84)70-96-102(91,92)98-74-79(72-94-81(86)66-60-54-50-44-45-51-57-63-75(4)5)100-83(88)68-62-56-49-43-42-46-52-58-64-76(6)9-3/h75-79,84H,7-74H2,1-6H3,(H,89,90)(H,91,92)/t76?,77-,78-,79-/m1/s1. The van der Waals surface area contributed by atoms with Crippen molar-refractivity contribution < 1.29 is 80.2 Å². The molecule has 0 saturated carbocycles. The minimum atomic E-state index is -4.96. The normalized spacial score (nSPS) is 14.1. The third-order valence-corrected chi connectivity index (χ3v) is 21.7. The maximum atomic E-state index is 13.1. The van der Waals surface area contributed by atoms with E-state index in [1.807, 2.05) is 0 Å². The molecular formula is C83H162O17P2. The highest BCUT2D eigenvalue weighted by Crippen LogP contribution is 2.45. The molecule has 0 heterocycles. The van der Waals surface area contributed by atoms with Gasteiger partial charge in [-0.15, -0.1) is 0 Å². The van der Waals surface area contributed by atoms with E-state index in [0.717, 1.165) is 102 Å². The lowest BCUT2D eigenvalue weighted by molar-refractivity contribution is -0.161. The first-order chi connectivity index (χ1) is 49.4. The van der Waals surface area contributed by atoms with Crippen molar-refractivity contribution in [2.75, 3.05) is 39.6 Å². The van der Waals surface area contributed by atoms with Crippen LogP contribution in [0.25, 0.3) is 0 Å². The van der Waals surface area contributed by atoms with Gasteiger partial charge >= 0.3 is 39.5 Å². The first-order valence-corrected chi connectivity index (χ1v) is 46.0. The summed E-state index contributed by atoms with van der Waals surface area (Å²) in [6, 6.07) is 0. The van der Waals surface area contributed by atoms with E-state index in [-0.39, 0.29) is 25.7 Å². The van der Waals surface area contributed by atoms with E-state index in [1.165, 1.54) is 250 Å². The van der Waals surface area contributed by atoms with E-state index >= 15 is 0 Å².